The molecule has 0 fully saturated rings. The van der Waals surface area contributed by atoms with Gasteiger partial charge in [0.1, 0.15) is 11.6 Å². The maximum Gasteiger partial charge on any atom is 0.214 e. The molecule has 5 rings (SSSR count). The van der Waals surface area contributed by atoms with Gasteiger partial charge in [0.05, 0.1) is 11.8 Å². The van der Waals surface area contributed by atoms with E-state index in [0.29, 0.717) is 0 Å². The highest BCUT2D eigenvalue weighted by Gasteiger charge is 2.41. The Morgan fingerprint density at radius 2 is 1.75 bits per heavy atom. The Kier molecular flexibility index (Phi) is 3.93. The number of hydrogen-bond acceptors (Lipinski definition) is 3. The van der Waals surface area contributed by atoms with Crippen LogP contribution in [0.5, 0.6) is 5.75 Å². The van der Waals surface area contributed by atoms with Gasteiger partial charge >= 0.3 is 0 Å². The summed E-state index contributed by atoms with van der Waals surface area (Å²) >= 11 is 0. The van der Waals surface area contributed by atoms with Gasteiger partial charge in [-0.3, -0.25) is 0 Å². The smallest absolute Gasteiger partial charge is 0.214 e. The molecule has 3 nitrogen and oxygen atoms in total. The van der Waals surface area contributed by atoms with Gasteiger partial charge in [0.25, 0.3) is 0 Å². The molecule has 0 saturated heterocycles. The number of halogens is 1. The van der Waals surface area contributed by atoms with E-state index in [9.17, 15) is 4.39 Å². The number of fused-ring (bicyclic) bond motifs is 3. The Bertz CT molecular complexity index is 1070. The molecule has 2 aliphatic heterocycles. The zero-order valence-electron chi connectivity index (χ0n) is 15.9. The summed E-state index contributed by atoms with van der Waals surface area (Å²) in [6, 6.07) is 21.3. The highest BCUT2D eigenvalue weighted by molar-refractivity contribution is 6.01. The Morgan fingerprint density at radius 1 is 0.964 bits per heavy atom. The molecule has 0 spiro atoms. The third kappa shape index (κ3) is 2.76. The number of nitrogens with zero attached hydrogens (tertiary/aromatic N) is 2. The first-order valence-corrected chi connectivity index (χ1v) is 9.54. The molecule has 0 radical (unpaired) electrons. The van der Waals surface area contributed by atoms with Crippen LogP contribution in [0, 0.1) is 19.7 Å². The Morgan fingerprint density at radius 3 is 2.54 bits per heavy atom. The summed E-state index contributed by atoms with van der Waals surface area (Å²) in [7, 11) is 0. The highest BCUT2D eigenvalue weighted by Crippen LogP contribution is 2.47. The summed E-state index contributed by atoms with van der Waals surface area (Å²) in [5, 5.41) is 7.00. The Hall–Kier alpha value is -3.14. The number of para-hydroxylation sites is 1. The van der Waals surface area contributed by atoms with Crippen molar-refractivity contribution in [1.82, 2.24) is 5.01 Å². The zero-order valence-corrected chi connectivity index (χ0v) is 15.9. The second-order valence-electron chi connectivity index (χ2n) is 7.52. The van der Waals surface area contributed by atoms with Crippen LogP contribution in [0.25, 0.3) is 0 Å². The van der Waals surface area contributed by atoms with Gasteiger partial charge < -0.3 is 4.74 Å². The van der Waals surface area contributed by atoms with Gasteiger partial charge in [0, 0.05) is 17.5 Å². The number of ether oxygens (including phenoxy) is 1. The molecule has 140 valence electrons. The third-order valence-corrected chi connectivity index (χ3v) is 5.57. The first-order valence-electron chi connectivity index (χ1n) is 9.54. The minimum atomic E-state index is -0.279. The lowest BCUT2D eigenvalue weighted by Crippen LogP contribution is -2.34. The molecule has 0 aromatic heterocycles. The minimum Gasteiger partial charge on any atom is -0.464 e. The third-order valence-electron chi connectivity index (χ3n) is 5.57. The van der Waals surface area contributed by atoms with Crippen LogP contribution >= 0.6 is 0 Å². The van der Waals surface area contributed by atoms with E-state index >= 15 is 0 Å². The van der Waals surface area contributed by atoms with Crippen molar-refractivity contribution < 1.29 is 9.13 Å². The molecule has 2 heterocycles. The van der Waals surface area contributed by atoms with Crippen LogP contribution in [0.15, 0.2) is 71.8 Å². The Labute approximate surface area is 164 Å². The van der Waals surface area contributed by atoms with Gasteiger partial charge in [0.2, 0.25) is 6.23 Å². The normalized spacial score (nSPS) is 20.2. The minimum absolute atomic E-state index is 0.107. The average Bonchev–Trinajstić information content (AvgIpc) is 3.14. The van der Waals surface area contributed by atoms with Gasteiger partial charge in [-0.05, 0) is 43.2 Å². The predicted octanol–water partition coefficient (Wildman–Crippen LogP) is 5.68. The van der Waals surface area contributed by atoms with Gasteiger partial charge in [-0.1, -0.05) is 54.1 Å². The molecule has 2 unspecified atom stereocenters. The zero-order chi connectivity index (χ0) is 19.3. The van der Waals surface area contributed by atoms with E-state index in [4.69, 9.17) is 9.84 Å². The van der Waals surface area contributed by atoms with Gasteiger partial charge in [-0.15, -0.1) is 0 Å². The van der Waals surface area contributed by atoms with Crippen molar-refractivity contribution in [3.8, 4) is 5.75 Å². The van der Waals surface area contributed by atoms with Crippen molar-refractivity contribution >= 4 is 5.71 Å². The van der Waals surface area contributed by atoms with E-state index in [1.54, 1.807) is 12.1 Å². The van der Waals surface area contributed by atoms with Crippen LogP contribution in [0.2, 0.25) is 0 Å². The fraction of sp³-hybridized carbons (Fsp3) is 0.208. The second kappa shape index (κ2) is 6.48. The molecule has 2 aliphatic rings. The lowest BCUT2D eigenvalue weighted by atomic mass is 9.95. The monoisotopic (exact) mass is 372 g/mol. The van der Waals surface area contributed by atoms with Crippen LogP contribution in [0.3, 0.4) is 0 Å². The summed E-state index contributed by atoms with van der Waals surface area (Å²) in [6.07, 6.45) is 0.492. The number of hydrazone groups is 1. The number of rotatable bonds is 2. The molecule has 0 saturated carbocycles. The fourth-order valence-corrected chi connectivity index (χ4v) is 4.16. The van der Waals surface area contributed by atoms with Crippen LogP contribution in [0.4, 0.5) is 4.39 Å². The largest absolute Gasteiger partial charge is 0.464 e. The summed E-state index contributed by atoms with van der Waals surface area (Å²) in [4.78, 5) is 0. The molecule has 0 aliphatic carbocycles. The summed E-state index contributed by atoms with van der Waals surface area (Å²) in [6.45, 7) is 4.21. The van der Waals surface area contributed by atoms with Crippen molar-refractivity contribution in [2.45, 2.75) is 32.5 Å². The second-order valence-corrected chi connectivity index (χ2v) is 7.52. The maximum absolute atomic E-state index is 13.4. The first-order chi connectivity index (χ1) is 13.6. The van der Waals surface area contributed by atoms with E-state index in [2.05, 4.69) is 43.1 Å². The topological polar surface area (TPSA) is 24.8 Å². The molecule has 0 amide bonds. The summed E-state index contributed by atoms with van der Waals surface area (Å²) in [5.41, 5.74) is 6.59. The molecular formula is C24H21FN2O. The number of benzene rings is 3. The van der Waals surface area contributed by atoms with Crippen molar-refractivity contribution in [2.24, 2.45) is 5.10 Å². The predicted molar refractivity (Wildman–Crippen MR) is 108 cm³/mol. The first kappa shape index (κ1) is 17.0. The van der Waals surface area contributed by atoms with Crippen LogP contribution in [-0.2, 0) is 0 Å². The molecule has 28 heavy (non-hydrogen) atoms. The molecule has 0 bridgehead atoms. The summed E-state index contributed by atoms with van der Waals surface area (Å²) in [5.74, 6) is 0.672. The van der Waals surface area contributed by atoms with Crippen molar-refractivity contribution in [2.75, 3.05) is 0 Å². The highest BCUT2D eigenvalue weighted by atomic mass is 19.1. The average molecular weight is 372 g/mol. The lowest BCUT2D eigenvalue weighted by molar-refractivity contribution is -0.0194. The molecule has 2 atom stereocenters. The molecule has 4 heteroatoms. The standard InChI is InChI=1S/C24H21FN2O/c1-15-7-12-19(16(2)13-15)24-27-22(20-5-3-4-6-23(20)28-24)14-21(26-27)17-8-10-18(25)11-9-17/h3-13,22,24H,14H2,1-2H3. The van der Waals surface area contributed by atoms with E-state index in [0.717, 1.165) is 34.6 Å². The molecule has 0 N–H and O–H groups in total. The number of aryl methyl sites for hydroxylation is 2. The maximum atomic E-state index is 13.4. The molecule has 3 aromatic carbocycles. The van der Waals surface area contributed by atoms with Crippen LogP contribution < -0.4 is 4.74 Å². The molecular weight excluding hydrogens is 351 g/mol. The van der Waals surface area contributed by atoms with Crippen molar-refractivity contribution in [3.63, 3.8) is 0 Å². The van der Waals surface area contributed by atoms with E-state index in [1.165, 1.54) is 23.3 Å². The van der Waals surface area contributed by atoms with Crippen LogP contribution in [0.1, 0.15) is 46.5 Å². The van der Waals surface area contributed by atoms with E-state index in [-0.39, 0.29) is 18.1 Å². The van der Waals surface area contributed by atoms with Gasteiger partial charge in [0.15, 0.2) is 0 Å². The van der Waals surface area contributed by atoms with Crippen molar-refractivity contribution in [1.29, 1.82) is 0 Å². The van der Waals surface area contributed by atoms with Crippen LogP contribution in [-0.4, -0.2) is 10.7 Å². The Balaban J connectivity index is 1.61. The van der Waals surface area contributed by atoms with E-state index < -0.39 is 0 Å². The quantitative estimate of drug-likeness (QED) is 0.578. The number of hydrogen-bond donors (Lipinski definition) is 0. The van der Waals surface area contributed by atoms with Gasteiger partial charge in [-0.2, -0.15) is 5.10 Å². The lowest BCUT2D eigenvalue weighted by Gasteiger charge is -2.38. The van der Waals surface area contributed by atoms with Crippen molar-refractivity contribution in [3.05, 3.63) is 100 Å². The molecule has 3 aromatic rings. The summed E-state index contributed by atoms with van der Waals surface area (Å²) < 4.78 is 19.8. The SMILES string of the molecule is Cc1ccc(C2Oc3ccccc3C3CC(c4ccc(F)cc4)=NN32)c(C)c1. The van der Waals surface area contributed by atoms with Gasteiger partial charge in [-0.25, -0.2) is 9.40 Å². The van der Waals surface area contributed by atoms with E-state index in [1.807, 2.05) is 18.2 Å². The fourth-order valence-electron chi connectivity index (χ4n) is 4.16.